The van der Waals surface area contributed by atoms with Crippen LogP contribution < -0.4 is 5.43 Å². The van der Waals surface area contributed by atoms with Gasteiger partial charge in [0.1, 0.15) is 0 Å². The van der Waals surface area contributed by atoms with E-state index in [9.17, 15) is 0 Å². The van der Waals surface area contributed by atoms with E-state index in [-0.39, 0.29) is 0 Å². The van der Waals surface area contributed by atoms with E-state index in [1.54, 1.807) is 12.4 Å². The number of nitrogens with one attached hydrogen (secondary N) is 1. The van der Waals surface area contributed by atoms with Crippen LogP contribution in [0.25, 0.3) is 0 Å². The molecular weight excluding hydrogens is 146 g/mol. The number of anilines is 1. The third kappa shape index (κ3) is 2.14. The first-order chi connectivity index (χ1) is 4.93. The third-order valence-electron chi connectivity index (χ3n) is 0.866. The number of rotatable bonds is 3. The number of nitrogens with zero attached hydrogens (tertiary/aromatic N) is 2. The molecular formula is C6H9N3S. The lowest BCUT2D eigenvalue weighted by molar-refractivity contribution is 1.24. The van der Waals surface area contributed by atoms with E-state index in [1.165, 1.54) is 11.3 Å². The van der Waals surface area contributed by atoms with Gasteiger partial charge in [-0.05, 0) is 6.42 Å². The smallest absolute Gasteiger partial charge is 0.203 e. The maximum absolute atomic E-state index is 3.98. The zero-order valence-electron chi connectivity index (χ0n) is 5.74. The largest absolute Gasteiger partial charge is 0.253 e. The molecule has 1 rings (SSSR count). The normalized spacial score (nSPS) is 10.5. The van der Waals surface area contributed by atoms with Gasteiger partial charge in [0, 0.05) is 17.8 Å². The number of hydrogen-bond donors (Lipinski definition) is 1. The molecule has 0 aliphatic rings. The van der Waals surface area contributed by atoms with Crippen molar-refractivity contribution in [2.24, 2.45) is 5.10 Å². The Labute approximate surface area is 63.8 Å². The Morgan fingerprint density at radius 2 is 2.80 bits per heavy atom. The number of thiazole rings is 1. The van der Waals surface area contributed by atoms with Crippen LogP contribution in [0.15, 0.2) is 16.7 Å². The molecule has 0 saturated heterocycles. The number of aromatic nitrogens is 1. The van der Waals surface area contributed by atoms with Gasteiger partial charge in [0.25, 0.3) is 0 Å². The summed E-state index contributed by atoms with van der Waals surface area (Å²) in [5.74, 6) is 0. The van der Waals surface area contributed by atoms with E-state index in [0.717, 1.165) is 11.6 Å². The third-order valence-corrected chi connectivity index (χ3v) is 1.54. The first-order valence-corrected chi connectivity index (χ1v) is 3.98. The van der Waals surface area contributed by atoms with Gasteiger partial charge in [-0.1, -0.05) is 6.92 Å². The van der Waals surface area contributed by atoms with Gasteiger partial charge < -0.3 is 0 Å². The quantitative estimate of drug-likeness (QED) is 0.535. The molecule has 1 aromatic rings. The van der Waals surface area contributed by atoms with Crippen LogP contribution in [-0.4, -0.2) is 11.2 Å². The highest BCUT2D eigenvalue weighted by atomic mass is 32.1. The molecule has 0 aliphatic carbocycles. The van der Waals surface area contributed by atoms with Crippen molar-refractivity contribution < 1.29 is 0 Å². The Bertz CT molecular complexity index is 193. The van der Waals surface area contributed by atoms with Crippen LogP contribution in [0.1, 0.15) is 13.3 Å². The van der Waals surface area contributed by atoms with E-state index < -0.39 is 0 Å². The summed E-state index contributed by atoms with van der Waals surface area (Å²) in [6, 6.07) is 0. The Morgan fingerprint density at radius 1 is 1.90 bits per heavy atom. The molecule has 1 N–H and O–H groups in total. The lowest BCUT2D eigenvalue weighted by Crippen LogP contribution is -1.86. The molecule has 4 heteroatoms. The molecule has 0 saturated carbocycles. The maximum Gasteiger partial charge on any atom is 0.203 e. The van der Waals surface area contributed by atoms with Crippen molar-refractivity contribution in [1.82, 2.24) is 4.98 Å². The number of hydrazone groups is 1. The monoisotopic (exact) mass is 155 g/mol. The summed E-state index contributed by atoms with van der Waals surface area (Å²) < 4.78 is 0. The molecule has 0 amide bonds. The van der Waals surface area contributed by atoms with Crippen molar-refractivity contribution in [2.45, 2.75) is 13.3 Å². The zero-order chi connectivity index (χ0) is 7.23. The molecule has 3 nitrogen and oxygen atoms in total. The van der Waals surface area contributed by atoms with Crippen molar-refractivity contribution in [2.75, 3.05) is 5.43 Å². The average molecular weight is 155 g/mol. The SMILES string of the molecule is CCC=NNc1nccs1. The van der Waals surface area contributed by atoms with Crippen LogP contribution >= 0.6 is 11.3 Å². The highest BCUT2D eigenvalue weighted by Gasteiger charge is 1.86. The Hall–Kier alpha value is -0.900. The Balaban J connectivity index is 2.34. The second-order valence-corrected chi connectivity index (χ2v) is 2.56. The lowest BCUT2D eigenvalue weighted by Gasteiger charge is -1.89. The van der Waals surface area contributed by atoms with Crippen LogP contribution in [0.2, 0.25) is 0 Å². The molecule has 0 spiro atoms. The van der Waals surface area contributed by atoms with Crippen molar-refractivity contribution >= 4 is 22.7 Å². The van der Waals surface area contributed by atoms with Gasteiger partial charge in [-0.25, -0.2) is 4.98 Å². The summed E-state index contributed by atoms with van der Waals surface area (Å²) in [7, 11) is 0. The summed E-state index contributed by atoms with van der Waals surface area (Å²) in [5, 5.41) is 6.65. The molecule has 0 aliphatic heterocycles. The van der Waals surface area contributed by atoms with Gasteiger partial charge in [0.05, 0.1) is 0 Å². The van der Waals surface area contributed by atoms with Crippen LogP contribution in [0.4, 0.5) is 5.13 Å². The highest BCUT2D eigenvalue weighted by molar-refractivity contribution is 7.13. The molecule has 0 radical (unpaired) electrons. The summed E-state index contributed by atoms with van der Waals surface area (Å²) >= 11 is 1.54. The molecule has 0 atom stereocenters. The molecule has 1 heterocycles. The predicted molar refractivity (Wildman–Crippen MR) is 44.5 cm³/mol. The topological polar surface area (TPSA) is 37.3 Å². The van der Waals surface area contributed by atoms with Gasteiger partial charge in [0.2, 0.25) is 5.13 Å². The molecule has 0 unspecified atom stereocenters. The minimum atomic E-state index is 0.838. The zero-order valence-corrected chi connectivity index (χ0v) is 6.56. The van der Waals surface area contributed by atoms with Gasteiger partial charge in [-0.3, -0.25) is 5.43 Å². The maximum atomic E-state index is 3.98. The van der Waals surface area contributed by atoms with Crippen LogP contribution in [0, 0.1) is 0 Å². The first kappa shape index (κ1) is 7.21. The first-order valence-electron chi connectivity index (χ1n) is 3.10. The summed E-state index contributed by atoms with van der Waals surface area (Å²) in [5.41, 5.74) is 2.80. The minimum absolute atomic E-state index is 0.838. The van der Waals surface area contributed by atoms with Gasteiger partial charge in [0.15, 0.2) is 0 Å². The summed E-state index contributed by atoms with van der Waals surface area (Å²) in [6.45, 7) is 2.03. The van der Waals surface area contributed by atoms with Gasteiger partial charge in [-0.2, -0.15) is 5.10 Å². The van der Waals surface area contributed by atoms with E-state index >= 15 is 0 Å². The van der Waals surface area contributed by atoms with E-state index in [0.29, 0.717) is 0 Å². The van der Waals surface area contributed by atoms with Gasteiger partial charge in [-0.15, -0.1) is 11.3 Å². The van der Waals surface area contributed by atoms with Crippen molar-refractivity contribution in [3.63, 3.8) is 0 Å². The Kier molecular flexibility index (Phi) is 2.89. The summed E-state index contributed by atoms with van der Waals surface area (Å²) in [6.07, 6.45) is 4.49. The highest BCUT2D eigenvalue weighted by Crippen LogP contribution is 2.09. The van der Waals surface area contributed by atoms with E-state index in [1.807, 2.05) is 12.3 Å². The van der Waals surface area contributed by atoms with Crippen LogP contribution in [0.3, 0.4) is 0 Å². The fourth-order valence-corrected chi connectivity index (χ4v) is 0.949. The second-order valence-electron chi connectivity index (χ2n) is 1.67. The molecule has 0 bridgehead atoms. The van der Waals surface area contributed by atoms with Crippen molar-refractivity contribution in [1.29, 1.82) is 0 Å². The van der Waals surface area contributed by atoms with Gasteiger partial charge >= 0.3 is 0 Å². The van der Waals surface area contributed by atoms with E-state index in [4.69, 9.17) is 0 Å². The molecule has 54 valence electrons. The van der Waals surface area contributed by atoms with Crippen LogP contribution in [0.5, 0.6) is 0 Å². The van der Waals surface area contributed by atoms with Crippen molar-refractivity contribution in [3.05, 3.63) is 11.6 Å². The summed E-state index contributed by atoms with van der Waals surface area (Å²) in [4.78, 5) is 3.98. The fraction of sp³-hybridized carbons (Fsp3) is 0.333. The second kappa shape index (κ2) is 4.00. The average Bonchev–Trinajstić information content (AvgIpc) is 2.41. The predicted octanol–water partition coefficient (Wildman–Crippen LogP) is 1.95. The molecule has 10 heavy (non-hydrogen) atoms. The molecule has 0 fully saturated rings. The Morgan fingerprint density at radius 3 is 3.40 bits per heavy atom. The number of hydrogen-bond acceptors (Lipinski definition) is 4. The lowest BCUT2D eigenvalue weighted by atomic mass is 10.6. The van der Waals surface area contributed by atoms with E-state index in [2.05, 4.69) is 15.5 Å². The fourth-order valence-electron chi connectivity index (χ4n) is 0.471. The standard InChI is InChI=1S/C6H9N3S/c1-2-3-8-9-6-7-4-5-10-6/h3-5H,2H2,1H3,(H,7,9). The van der Waals surface area contributed by atoms with Crippen molar-refractivity contribution in [3.8, 4) is 0 Å². The molecule has 0 aromatic carbocycles. The minimum Gasteiger partial charge on any atom is -0.253 e. The van der Waals surface area contributed by atoms with Crippen LogP contribution in [-0.2, 0) is 0 Å². The molecule has 1 aromatic heterocycles.